The second-order valence-corrected chi connectivity index (χ2v) is 2.33. The average molecular weight is 210 g/mol. The van der Waals surface area contributed by atoms with E-state index >= 15 is 0 Å². The highest BCUT2D eigenvalue weighted by molar-refractivity contribution is 5.85. The molecule has 6 heteroatoms. The van der Waals surface area contributed by atoms with Crippen LogP contribution in [0.15, 0.2) is 12.3 Å². The Morgan fingerprint density at radius 3 is 2.38 bits per heavy atom. The highest BCUT2D eigenvalue weighted by Crippen LogP contribution is 1.97. The Bertz CT molecular complexity index is 217. The van der Waals surface area contributed by atoms with Gasteiger partial charge in [0, 0.05) is 0 Å². The second-order valence-electron chi connectivity index (χ2n) is 2.33. The summed E-state index contributed by atoms with van der Waals surface area (Å²) in [4.78, 5) is 20.9. The van der Waals surface area contributed by atoms with Crippen molar-refractivity contribution in [2.24, 2.45) is 5.73 Å². The SMILES string of the molecule is C=C(C)OC(=O)[C@@H](N)CC(=O)O.Cl. The lowest BCUT2D eigenvalue weighted by Gasteiger charge is -2.07. The van der Waals surface area contributed by atoms with E-state index < -0.39 is 24.4 Å². The van der Waals surface area contributed by atoms with Crippen LogP contribution in [0.25, 0.3) is 0 Å². The number of hydrogen-bond donors (Lipinski definition) is 2. The summed E-state index contributed by atoms with van der Waals surface area (Å²) in [5.74, 6) is -1.72. The first-order valence-corrected chi connectivity index (χ1v) is 3.28. The third-order valence-corrected chi connectivity index (χ3v) is 0.972. The van der Waals surface area contributed by atoms with Gasteiger partial charge in [0.2, 0.25) is 0 Å². The molecule has 0 spiro atoms. The van der Waals surface area contributed by atoms with Crippen molar-refractivity contribution in [3.05, 3.63) is 12.3 Å². The fourth-order valence-corrected chi connectivity index (χ4v) is 0.519. The fourth-order valence-electron chi connectivity index (χ4n) is 0.519. The monoisotopic (exact) mass is 209 g/mol. The normalized spacial score (nSPS) is 10.9. The maximum atomic E-state index is 10.8. The Hall–Kier alpha value is -1.07. The number of aliphatic carboxylic acids is 1. The molecule has 0 bridgehead atoms. The fraction of sp³-hybridized carbons (Fsp3) is 0.429. The van der Waals surface area contributed by atoms with Crippen LogP contribution in [0, 0.1) is 0 Å². The number of carboxylic acids is 1. The summed E-state index contributed by atoms with van der Waals surface area (Å²) in [7, 11) is 0. The predicted molar refractivity (Wildman–Crippen MR) is 48.4 cm³/mol. The van der Waals surface area contributed by atoms with Crippen molar-refractivity contribution in [3.8, 4) is 0 Å². The van der Waals surface area contributed by atoms with Crippen molar-refractivity contribution in [3.63, 3.8) is 0 Å². The molecule has 0 saturated heterocycles. The minimum Gasteiger partial charge on any atom is -0.481 e. The molecule has 0 unspecified atom stereocenters. The predicted octanol–water partition coefficient (Wildman–Crippen LogP) is 0.287. The zero-order valence-corrected chi connectivity index (χ0v) is 7.97. The van der Waals surface area contributed by atoms with Crippen molar-refractivity contribution < 1.29 is 19.4 Å². The summed E-state index contributed by atoms with van der Waals surface area (Å²) in [5, 5.41) is 8.26. The number of esters is 1. The van der Waals surface area contributed by atoms with Crippen LogP contribution >= 0.6 is 12.4 Å². The molecule has 3 N–H and O–H groups in total. The average Bonchev–Trinajstić information content (AvgIpc) is 1.84. The maximum Gasteiger partial charge on any atom is 0.328 e. The number of ether oxygens (including phenoxy) is 1. The number of allylic oxidation sites excluding steroid dienone is 1. The van der Waals surface area contributed by atoms with Gasteiger partial charge in [0.05, 0.1) is 12.2 Å². The summed E-state index contributed by atoms with van der Waals surface area (Å²) in [5.41, 5.74) is 5.17. The van der Waals surface area contributed by atoms with Crippen molar-refractivity contribution in [1.29, 1.82) is 0 Å². The number of carbonyl (C=O) groups excluding carboxylic acids is 1. The van der Waals surface area contributed by atoms with Crippen LogP contribution in [0.1, 0.15) is 13.3 Å². The Balaban J connectivity index is 0. The third kappa shape index (κ3) is 7.30. The molecule has 0 rings (SSSR count). The molecule has 0 aromatic rings. The number of hydrogen-bond acceptors (Lipinski definition) is 4. The first-order valence-electron chi connectivity index (χ1n) is 3.28. The lowest BCUT2D eigenvalue weighted by Crippen LogP contribution is -2.34. The van der Waals surface area contributed by atoms with Gasteiger partial charge in [0.1, 0.15) is 6.04 Å². The Labute approximate surface area is 82.0 Å². The lowest BCUT2D eigenvalue weighted by atomic mass is 10.2. The van der Waals surface area contributed by atoms with Crippen molar-refractivity contribution in [1.82, 2.24) is 0 Å². The smallest absolute Gasteiger partial charge is 0.328 e. The van der Waals surface area contributed by atoms with Gasteiger partial charge in [-0.05, 0) is 6.92 Å². The zero-order chi connectivity index (χ0) is 9.72. The molecule has 0 aliphatic heterocycles. The van der Waals surface area contributed by atoms with Gasteiger partial charge in [-0.15, -0.1) is 12.4 Å². The summed E-state index contributed by atoms with van der Waals surface area (Å²) < 4.78 is 4.49. The second kappa shape index (κ2) is 6.45. The molecule has 0 saturated carbocycles. The minimum atomic E-state index is -1.14. The number of halogens is 1. The van der Waals surface area contributed by atoms with Crippen LogP contribution in [-0.2, 0) is 14.3 Å². The van der Waals surface area contributed by atoms with Gasteiger partial charge >= 0.3 is 11.9 Å². The molecule has 1 atom stereocenters. The van der Waals surface area contributed by atoms with Gasteiger partial charge in [-0.3, -0.25) is 4.79 Å². The first kappa shape index (κ1) is 14.5. The first-order chi connectivity index (χ1) is 5.43. The third-order valence-electron chi connectivity index (χ3n) is 0.972. The van der Waals surface area contributed by atoms with Gasteiger partial charge < -0.3 is 15.6 Å². The molecule has 0 aliphatic rings. The van der Waals surface area contributed by atoms with Gasteiger partial charge in [0.15, 0.2) is 0 Å². The molecular weight excluding hydrogens is 198 g/mol. The molecule has 0 aliphatic carbocycles. The largest absolute Gasteiger partial charge is 0.481 e. The minimum absolute atomic E-state index is 0. The van der Waals surface area contributed by atoms with E-state index in [9.17, 15) is 9.59 Å². The van der Waals surface area contributed by atoms with Crippen molar-refractivity contribution in [2.75, 3.05) is 0 Å². The Morgan fingerprint density at radius 1 is 1.62 bits per heavy atom. The van der Waals surface area contributed by atoms with Crippen LogP contribution in [-0.4, -0.2) is 23.1 Å². The number of rotatable bonds is 4. The lowest BCUT2D eigenvalue weighted by molar-refractivity contribution is -0.146. The van der Waals surface area contributed by atoms with E-state index in [1.54, 1.807) is 0 Å². The summed E-state index contributed by atoms with van der Waals surface area (Å²) in [6.07, 6.45) is -0.438. The highest BCUT2D eigenvalue weighted by atomic mass is 35.5. The van der Waals surface area contributed by atoms with Crippen molar-refractivity contribution >= 4 is 24.3 Å². The molecule has 76 valence electrons. The summed E-state index contributed by atoms with van der Waals surface area (Å²) >= 11 is 0. The molecule has 13 heavy (non-hydrogen) atoms. The van der Waals surface area contributed by atoms with E-state index in [2.05, 4.69) is 11.3 Å². The van der Waals surface area contributed by atoms with E-state index in [0.29, 0.717) is 0 Å². The van der Waals surface area contributed by atoms with Crippen LogP contribution < -0.4 is 5.73 Å². The van der Waals surface area contributed by atoms with Gasteiger partial charge in [-0.1, -0.05) is 6.58 Å². The molecule has 0 radical (unpaired) electrons. The van der Waals surface area contributed by atoms with E-state index in [4.69, 9.17) is 10.8 Å². The molecule has 0 aromatic heterocycles. The molecular formula is C7H12ClNO4. The van der Waals surface area contributed by atoms with E-state index in [-0.39, 0.29) is 18.2 Å². The molecule has 0 aromatic carbocycles. The number of nitrogens with two attached hydrogens (primary N) is 1. The van der Waals surface area contributed by atoms with Gasteiger partial charge in [-0.2, -0.15) is 0 Å². The summed E-state index contributed by atoms with van der Waals surface area (Å²) in [6.45, 7) is 4.79. The number of carboxylic acid groups (broad SMARTS) is 1. The van der Waals surface area contributed by atoms with Crippen LogP contribution in [0.2, 0.25) is 0 Å². The molecule has 0 amide bonds. The van der Waals surface area contributed by atoms with Crippen LogP contribution in [0.5, 0.6) is 0 Å². The van der Waals surface area contributed by atoms with E-state index in [1.165, 1.54) is 6.92 Å². The maximum absolute atomic E-state index is 10.8. The standard InChI is InChI=1S/C7H11NO4.ClH/c1-4(2)12-7(11)5(8)3-6(9)10;/h5H,1,3,8H2,2H3,(H,9,10);1H/t5-;/m0./s1. The van der Waals surface area contributed by atoms with E-state index in [0.717, 1.165) is 0 Å². The van der Waals surface area contributed by atoms with Gasteiger partial charge in [0.25, 0.3) is 0 Å². The highest BCUT2D eigenvalue weighted by Gasteiger charge is 2.18. The van der Waals surface area contributed by atoms with Gasteiger partial charge in [-0.25, -0.2) is 4.79 Å². The number of carbonyl (C=O) groups is 2. The zero-order valence-electron chi connectivity index (χ0n) is 7.15. The van der Waals surface area contributed by atoms with Crippen molar-refractivity contribution in [2.45, 2.75) is 19.4 Å². The molecule has 5 nitrogen and oxygen atoms in total. The Morgan fingerprint density at radius 2 is 2.08 bits per heavy atom. The van der Waals surface area contributed by atoms with Crippen LogP contribution in [0.3, 0.4) is 0 Å². The molecule has 0 fully saturated rings. The van der Waals surface area contributed by atoms with Crippen LogP contribution in [0.4, 0.5) is 0 Å². The topological polar surface area (TPSA) is 89.6 Å². The Kier molecular flexibility index (Phi) is 7.17. The summed E-state index contributed by atoms with van der Waals surface area (Å²) in [6, 6.07) is -1.13. The molecule has 0 heterocycles. The quantitative estimate of drug-likeness (QED) is 0.513. The van der Waals surface area contributed by atoms with E-state index in [1.807, 2.05) is 0 Å².